The van der Waals surface area contributed by atoms with Gasteiger partial charge in [-0.15, -0.1) is 0 Å². The molecule has 0 aliphatic heterocycles. The Bertz CT molecular complexity index is 698. The lowest BCUT2D eigenvalue weighted by atomic mass is 9.90. The van der Waals surface area contributed by atoms with Gasteiger partial charge in [0, 0.05) is 13.3 Å². The van der Waals surface area contributed by atoms with E-state index in [1.54, 1.807) is 0 Å². The third kappa shape index (κ3) is 5.14. The number of halogens is 3. The van der Waals surface area contributed by atoms with E-state index in [1.807, 2.05) is 0 Å². The van der Waals surface area contributed by atoms with Gasteiger partial charge < -0.3 is 24.1 Å². The molecule has 1 aromatic heterocycles. The lowest BCUT2D eigenvalue weighted by Crippen LogP contribution is -2.62. The number of hydrogen-bond donors (Lipinski definition) is 1. The predicted octanol–water partition coefficient (Wildman–Crippen LogP) is 1.64. The Morgan fingerprint density at radius 3 is 1.96 bits per heavy atom. The van der Waals surface area contributed by atoms with Crippen LogP contribution >= 0.6 is 0 Å². The molecule has 158 valence electrons. The molecule has 0 saturated heterocycles. The summed E-state index contributed by atoms with van der Waals surface area (Å²) in [6.45, 7) is 4.85. The maximum atomic E-state index is 13.3. The standard InChI is InChI=1S/C16H21F3N2O7/c1-5-25-12-10(11(28-21-12)16(17,18)19)8-15(20-9(4)22,13(23)26-6-2)14(24)27-7-3/h5-8H2,1-4H3,(H,20,22). The fourth-order valence-electron chi connectivity index (χ4n) is 2.37. The van der Waals surface area contributed by atoms with E-state index in [9.17, 15) is 27.6 Å². The van der Waals surface area contributed by atoms with Crippen molar-refractivity contribution in [2.45, 2.75) is 45.8 Å². The van der Waals surface area contributed by atoms with Gasteiger partial charge >= 0.3 is 18.1 Å². The number of aromatic nitrogens is 1. The summed E-state index contributed by atoms with van der Waals surface area (Å²) >= 11 is 0. The second-order valence-electron chi connectivity index (χ2n) is 5.43. The summed E-state index contributed by atoms with van der Waals surface area (Å²) in [7, 11) is 0. The summed E-state index contributed by atoms with van der Waals surface area (Å²) < 4.78 is 59.0. The average Bonchev–Trinajstić information content (AvgIpc) is 2.97. The molecule has 0 atom stereocenters. The molecule has 12 heteroatoms. The maximum absolute atomic E-state index is 13.3. The Kier molecular flexibility index (Phi) is 7.82. The van der Waals surface area contributed by atoms with Gasteiger partial charge in [-0.3, -0.25) is 4.79 Å². The number of rotatable bonds is 9. The first-order valence-corrected chi connectivity index (χ1v) is 8.35. The maximum Gasteiger partial charge on any atom is 0.452 e. The van der Waals surface area contributed by atoms with E-state index in [2.05, 4.69) is 15.0 Å². The number of carbonyl (C=O) groups excluding carboxylic acids is 3. The van der Waals surface area contributed by atoms with Gasteiger partial charge in [0.1, 0.15) is 0 Å². The fraction of sp³-hybridized carbons (Fsp3) is 0.625. The first-order chi connectivity index (χ1) is 13.0. The van der Waals surface area contributed by atoms with Crippen molar-refractivity contribution in [1.29, 1.82) is 0 Å². The molecule has 0 unspecified atom stereocenters. The van der Waals surface area contributed by atoms with Gasteiger partial charge in [0.05, 0.1) is 25.4 Å². The van der Waals surface area contributed by atoms with Gasteiger partial charge in [0.2, 0.25) is 17.2 Å². The van der Waals surface area contributed by atoms with Crippen molar-refractivity contribution in [3.63, 3.8) is 0 Å². The average molecular weight is 410 g/mol. The van der Waals surface area contributed by atoms with Gasteiger partial charge in [-0.2, -0.15) is 13.2 Å². The number of amides is 1. The second kappa shape index (κ2) is 9.42. The number of alkyl halides is 3. The SMILES string of the molecule is CCOC(=O)C(Cc1c(OCC)noc1C(F)(F)F)(NC(C)=O)C(=O)OCC. The molecule has 0 saturated carbocycles. The van der Waals surface area contributed by atoms with Crippen LogP contribution in [0, 0.1) is 0 Å². The summed E-state index contributed by atoms with van der Waals surface area (Å²) in [6.07, 6.45) is -6.00. The third-order valence-electron chi connectivity index (χ3n) is 3.37. The molecule has 0 aliphatic rings. The smallest absolute Gasteiger partial charge is 0.452 e. The number of nitrogens with zero attached hydrogens (tertiary/aromatic N) is 1. The molecule has 0 spiro atoms. The molecular weight excluding hydrogens is 389 g/mol. The molecular formula is C16H21F3N2O7. The highest BCUT2D eigenvalue weighted by Gasteiger charge is 2.53. The highest BCUT2D eigenvalue weighted by Crippen LogP contribution is 2.38. The molecule has 0 fully saturated rings. The molecule has 1 heterocycles. The van der Waals surface area contributed by atoms with Crippen LogP contribution < -0.4 is 10.1 Å². The Balaban J connectivity index is 3.63. The van der Waals surface area contributed by atoms with E-state index >= 15 is 0 Å². The molecule has 1 rings (SSSR count). The third-order valence-corrected chi connectivity index (χ3v) is 3.37. The normalized spacial score (nSPS) is 11.7. The lowest BCUT2D eigenvalue weighted by molar-refractivity contribution is -0.169. The minimum Gasteiger partial charge on any atom is -0.476 e. The summed E-state index contributed by atoms with van der Waals surface area (Å²) in [5.41, 5.74) is -3.32. The van der Waals surface area contributed by atoms with E-state index in [0.29, 0.717) is 0 Å². The quantitative estimate of drug-likeness (QED) is 0.482. The van der Waals surface area contributed by atoms with E-state index in [-0.39, 0.29) is 19.8 Å². The highest BCUT2D eigenvalue weighted by atomic mass is 19.4. The van der Waals surface area contributed by atoms with Crippen molar-refractivity contribution in [1.82, 2.24) is 10.5 Å². The van der Waals surface area contributed by atoms with Crippen LogP contribution in [0.15, 0.2) is 4.52 Å². The zero-order valence-electron chi connectivity index (χ0n) is 15.8. The Morgan fingerprint density at radius 2 is 1.57 bits per heavy atom. The van der Waals surface area contributed by atoms with Gasteiger partial charge in [-0.25, -0.2) is 9.59 Å². The van der Waals surface area contributed by atoms with E-state index in [0.717, 1.165) is 6.92 Å². The molecule has 0 bridgehead atoms. The molecule has 1 aromatic rings. The summed E-state index contributed by atoms with van der Waals surface area (Å²) in [5.74, 6) is -5.60. The van der Waals surface area contributed by atoms with Crippen LogP contribution in [0.4, 0.5) is 13.2 Å². The van der Waals surface area contributed by atoms with Crippen molar-refractivity contribution < 1.29 is 46.3 Å². The zero-order valence-corrected chi connectivity index (χ0v) is 15.8. The summed E-state index contributed by atoms with van der Waals surface area (Å²) in [4.78, 5) is 36.8. The molecule has 0 aromatic carbocycles. The number of ether oxygens (including phenoxy) is 3. The van der Waals surface area contributed by atoms with E-state index < -0.39 is 53.2 Å². The largest absolute Gasteiger partial charge is 0.476 e. The van der Waals surface area contributed by atoms with Crippen LogP contribution in [0.3, 0.4) is 0 Å². The Labute approximate surface area is 158 Å². The van der Waals surface area contributed by atoms with Crippen LogP contribution in [0.25, 0.3) is 0 Å². The molecule has 9 nitrogen and oxygen atoms in total. The van der Waals surface area contributed by atoms with E-state index in [4.69, 9.17) is 14.2 Å². The number of hydrogen-bond acceptors (Lipinski definition) is 8. The van der Waals surface area contributed by atoms with Crippen LogP contribution in [0.1, 0.15) is 39.0 Å². The molecule has 0 aliphatic carbocycles. The van der Waals surface area contributed by atoms with Crippen molar-refractivity contribution in [2.24, 2.45) is 0 Å². The summed E-state index contributed by atoms with van der Waals surface area (Å²) in [6, 6.07) is 0. The molecule has 28 heavy (non-hydrogen) atoms. The van der Waals surface area contributed by atoms with Crippen LogP contribution in [0.5, 0.6) is 5.88 Å². The monoisotopic (exact) mass is 410 g/mol. The van der Waals surface area contributed by atoms with Crippen LogP contribution in [-0.2, 0) is 36.5 Å². The summed E-state index contributed by atoms with van der Waals surface area (Å²) in [5, 5.41) is 5.28. The van der Waals surface area contributed by atoms with Crippen molar-refractivity contribution in [2.75, 3.05) is 19.8 Å². The topological polar surface area (TPSA) is 117 Å². The van der Waals surface area contributed by atoms with Gasteiger partial charge in [-0.1, -0.05) is 0 Å². The van der Waals surface area contributed by atoms with Crippen LogP contribution in [-0.4, -0.2) is 48.4 Å². The Morgan fingerprint density at radius 1 is 1.04 bits per heavy atom. The lowest BCUT2D eigenvalue weighted by Gasteiger charge is -2.29. The minimum absolute atomic E-state index is 0.0667. The first kappa shape index (κ1) is 23.2. The van der Waals surface area contributed by atoms with Crippen molar-refractivity contribution in [3.8, 4) is 5.88 Å². The van der Waals surface area contributed by atoms with Crippen molar-refractivity contribution >= 4 is 17.8 Å². The van der Waals surface area contributed by atoms with Gasteiger partial charge in [0.25, 0.3) is 5.88 Å². The van der Waals surface area contributed by atoms with Gasteiger partial charge in [-0.05, 0) is 25.9 Å². The van der Waals surface area contributed by atoms with E-state index in [1.165, 1.54) is 20.8 Å². The number of carbonyl (C=O) groups is 3. The van der Waals surface area contributed by atoms with Crippen LogP contribution in [0.2, 0.25) is 0 Å². The highest BCUT2D eigenvalue weighted by molar-refractivity contribution is 6.08. The molecule has 1 N–H and O–H groups in total. The van der Waals surface area contributed by atoms with Crippen molar-refractivity contribution in [3.05, 3.63) is 11.3 Å². The van der Waals surface area contributed by atoms with Gasteiger partial charge in [0.15, 0.2) is 0 Å². The Hall–Kier alpha value is -2.79. The predicted molar refractivity (Wildman–Crippen MR) is 86.2 cm³/mol. The minimum atomic E-state index is -5.00. The number of esters is 2. The number of nitrogens with one attached hydrogen (secondary N) is 1. The molecule has 1 amide bonds. The zero-order chi connectivity index (χ0) is 21.5. The molecule has 0 radical (unpaired) electrons. The first-order valence-electron chi connectivity index (χ1n) is 8.35. The second-order valence-corrected chi connectivity index (χ2v) is 5.43. The fourth-order valence-corrected chi connectivity index (χ4v) is 2.37.